The van der Waals surface area contributed by atoms with Gasteiger partial charge >= 0.3 is 0 Å². The molecule has 0 bridgehead atoms. The molecule has 3 aromatic carbocycles. The third kappa shape index (κ3) is 4.25. The lowest BCUT2D eigenvalue weighted by Crippen LogP contribution is -2.30. The maximum absolute atomic E-state index is 12.9. The van der Waals surface area contributed by atoms with Gasteiger partial charge in [-0.1, -0.05) is 54.6 Å². The Labute approximate surface area is 168 Å². The lowest BCUT2D eigenvalue weighted by Gasteiger charge is -2.11. The summed E-state index contributed by atoms with van der Waals surface area (Å²) in [5, 5.41) is 6.54. The smallest absolute Gasteiger partial charge is 0.272 e. The Hall–Kier alpha value is -4.12. The first-order valence-corrected chi connectivity index (χ1v) is 9.21. The van der Waals surface area contributed by atoms with E-state index in [2.05, 4.69) is 15.6 Å². The number of nitrogens with one attached hydrogen (secondary N) is 3. The van der Waals surface area contributed by atoms with Gasteiger partial charge in [0.15, 0.2) is 0 Å². The van der Waals surface area contributed by atoms with Crippen LogP contribution < -0.4 is 10.6 Å². The summed E-state index contributed by atoms with van der Waals surface area (Å²) >= 11 is 0. The highest BCUT2D eigenvalue weighted by molar-refractivity contribution is 6.11. The third-order valence-electron chi connectivity index (χ3n) is 4.48. The minimum absolute atomic E-state index is 0.160. The number of carbonyl (C=O) groups excluding carboxylic acids is 2. The number of rotatable bonds is 5. The van der Waals surface area contributed by atoms with E-state index in [1.54, 1.807) is 42.5 Å². The van der Waals surface area contributed by atoms with Gasteiger partial charge in [0.2, 0.25) is 0 Å². The predicted molar refractivity (Wildman–Crippen MR) is 115 cm³/mol. The number of carbonyl (C=O) groups is 2. The van der Waals surface area contributed by atoms with Crippen LogP contribution >= 0.6 is 0 Å². The molecule has 0 atom stereocenters. The lowest BCUT2D eigenvalue weighted by atomic mass is 10.1. The second kappa shape index (κ2) is 8.27. The van der Waals surface area contributed by atoms with E-state index in [0.717, 1.165) is 16.5 Å². The molecule has 0 unspecified atom stereocenters. The minimum atomic E-state index is -0.397. The first kappa shape index (κ1) is 18.3. The molecular formula is C24H19N3O2. The fraction of sp³-hybridized carbons (Fsp3) is 0. The number of anilines is 1. The maximum atomic E-state index is 12.9. The number of aromatic nitrogens is 1. The van der Waals surface area contributed by atoms with E-state index >= 15 is 0 Å². The molecule has 0 radical (unpaired) electrons. The van der Waals surface area contributed by atoms with Crippen molar-refractivity contribution in [2.24, 2.45) is 0 Å². The molecule has 29 heavy (non-hydrogen) atoms. The molecule has 1 heterocycles. The number of fused-ring (bicyclic) bond motifs is 1. The quantitative estimate of drug-likeness (QED) is 0.443. The summed E-state index contributed by atoms with van der Waals surface area (Å²) < 4.78 is 0. The van der Waals surface area contributed by atoms with Crippen molar-refractivity contribution in [3.8, 4) is 0 Å². The van der Waals surface area contributed by atoms with Crippen LogP contribution in [0.4, 0.5) is 5.69 Å². The maximum Gasteiger partial charge on any atom is 0.272 e. The largest absolute Gasteiger partial charge is 0.361 e. The van der Waals surface area contributed by atoms with E-state index in [4.69, 9.17) is 0 Å². The van der Waals surface area contributed by atoms with Crippen molar-refractivity contribution < 1.29 is 9.59 Å². The Morgan fingerprint density at radius 3 is 2.21 bits per heavy atom. The number of aromatic amines is 1. The highest BCUT2D eigenvalue weighted by atomic mass is 16.2. The van der Waals surface area contributed by atoms with Crippen LogP contribution in [-0.4, -0.2) is 16.8 Å². The molecule has 0 spiro atoms. The summed E-state index contributed by atoms with van der Waals surface area (Å²) in [6.07, 6.45) is 3.49. The van der Waals surface area contributed by atoms with Crippen LogP contribution in [0.3, 0.4) is 0 Å². The molecular weight excluding hydrogens is 362 g/mol. The normalized spacial score (nSPS) is 11.2. The monoisotopic (exact) mass is 381 g/mol. The van der Waals surface area contributed by atoms with Crippen LogP contribution in [0.15, 0.2) is 96.8 Å². The fourth-order valence-corrected chi connectivity index (χ4v) is 3.03. The van der Waals surface area contributed by atoms with Gasteiger partial charge in [0.05, 0.1) is 0 Å². The van der Waals surface area contributed by atoms with Crippen LogP contribution in [0, 0.1) is 0 Å². The van der Waals surface area contributed by atoms with E-state index in [9.17, 15) is 9.59 Å². The molecule has 0 aliphatic heterocycles. The molecule has 0 fully saturated rings. The molecule has 1 aromatic heterocycles. The van der Waals surface area contributed by atoms with E-state index in [1.165, 1.54) is 0 Å². The van der Waals surface area contributed by atoms with Crippen LogP contribution in [0.2, 0.25) is 0 Å². The van der Waals surface area contributed by atoms with Crippen molar-refractivity contribution in [2.75, 3.05) is 5.32 Å². The zero-order valence-electron chi connectivity index (χ0n) is 15.6. The number of amides is 2. The second-order valence-corrected chi connectivity index (χ2v) is 6.49. The Morgan fingerprint density at radius 2 is 1.45 bits per heavy atom. The molecule has 0 aliphatic rings. The van der Waals surface area contributed by atoms with E-state index in [-0.39, 0.29) is 11.6 Å². The van der Waals surface area contributed by atoms with Crippen molar-refractivity contribution in [3.05, 3.63) is 108 Å². The molecule has 0 saturated carbocycles. The summed E-state index contributed by atoms with van der Waals surface area (Å²) in [4.78, 5) is 28.8. The first-order chi connectivity index (χ1) is 14.2. The molecule has 2 amide bonds. The highest BCUT2D eigenvalue weighted by Gasteiger charge is 2.16. The highest BCUT2D eigenvalue weighted by Crippen LogP contribution is 2.20. The number of benzene rings is 3. The van der Waals surface area contributed by atoms with E-state index < -0.39 is 5.91 Å². The Bertz CT molecular complexity index is 1180. The van der Waals surface area contributed by atoms with Gasteiger partial charge in [0.25, 0.3) is 11.8 Å². The van der Waals surface area contributed by atoms with Gasteiger partial charge < -0.3 is 15.6 Å². The first-order valence-electron chi connectivity index (χ1n) is 9.21. The van der Waals surface area contributed by atoms with Crippen molar-refractivity contribution in [1.29, 1.82) is 0 Å². The number of para-hydroxylation sites is 2. The number of hydrogen-bond donors (Lipinski definition) is 3. The van der Waals surface area contributed by atoms with Crippen molar-refractivity contribution >= 4 is 34.5 Å². The van der Waals surface area contributed by atoms with Crippen LogP contribution in [-0.2, 0) is 4.79 Å². The Balaban J connectivity index is 1.68. The zero-order valence-corrected chi connectivity index (χ0v) is 15.6. The summed E-state index contributed by atoms with van der Waals surface area (Å²) in [6.45, 7) is 0. The molecule has 3 N–H and O–H groups in total. The van der Waals surface area contributed by atoms with Gasteiger partial charge in [0.1, 0.15) is 5.70 Å². The van der Waals surface area contributed by atoms with Gasteiger partial charge in [-0.3, -0.25) is 9.59 Å². The Kier molecular flexibility index (Phi) is 5.21. The Morgan fingerprint density at radius 1 is 0.793 bits per heavy atom. The summed E-state index contributed by atoms with van der Waals surface area (Å²) in [6, 6.07) is 25.7. The van der Waals surface area contributed by atoms with E-state index in [1.807, 2.05) is 54.7 Å². The summed E-state index contributed by atoms with van der Waals surface area (Å²) in [5.41, 5.74) is 3.05. The van der Waals surface area contributed by atoms with Gasteiger partial charge in [-0.05, 0) is 36.4 Å². The number of hydrogen-bond acceptors (Lipinski definition) is 2. The van der Waals surface area contributed by atoms with Gasteiger partial charge in [0, 0.05) is 33.9 Å². The molecule has 5 nitrogen and oxygen atoms in total. The topological polar surface area (TPSA) is 74.0 Å². The molecule has 0 aliphatic carbocycles. The summed E-state index contributed by atoms with van der Waals surface area (Å²) in [5.74, 6) is -0.745. The molecule has 142 valence electrons. The van der Waals surface area contributed by atoms with Gasteiger partial charge in [-0.2, -0.15) is 0 Å². The van der Waals surface area contributed by atoms with Crippen LogP contribution in [0.5, 0.6) is 0 Å². The molecule has 0 saturated heterocycles. The second-order valence-electron chi connectivity index (χ2n) is 6.49. The van der Waals surface area contributed by atoms with Crippen molar-refractivity contribution in [2.45, 2.75) is 0 Å². The van der Waals surface area contributed by atoms with Crippen LogP contribution in [0.1, 0.15) is 15.9 Å². The predicted octanol–water partition coefficient (Wildman–Crippen LogP) is 4.58. The number of H-pyrrole nitrogens is 1. The average Bonchev–Trinajstić information content (AvgIpc) is 3.17. The van der Waals surface area contributed by atoms with Gasteiger partial charge in [-0.25, -0.2) is 0 Å². The molecule has 4 rings (SSSR count). The van der Waals surface area contributed by atoms with Gasteiger partial charge in [-0.15, -0.1) is 0 Å². The SMILES string of the molecule is O=C(Nc1ccccc1)/C(=C/c1c[nH]c2ccccc12)NC(=O)c1ccccc1. The molecule has 4 aromatic rings. The average molecular weight is 381 g/mol. The lowest BCUT2D eigenvalue weighted by molar-refractivity contribution is -0.113. The van der Waals surface area contributed by atoms with Crippen molar-refractivity contribution in [3.63, 3.8) is 0 Å². The third-order valence-corrected chi connectivity index (χ3v) is 4.48. The standard InChI is InChI=1S/C24H19N3O2/c28-23(17-9-3-1-4-10-17)27-22(24(29)26-19-11-5-2-6-12-19)15-18-16-25-21-14-8-7-13-20(18)21/h1-16,25H,(H,26,29)(H,27,28)/b22-15-. The fourth-order valence-electron chi connectivity index (χ4n) is 3.03. The van der Waals surface area contributed by atoms with E-state index in [0.29, 0.717) is 11.3 Å². The zero-order chi connectivity index (χ0) is 20.1. The van der Waals surface area contributed by atoms with Crippen LogP contribution in [0.25, 0.3) is 17.0 Å². The summed E-state index contributed by atoms with van der Waals surface area (Å²) in [7, 11) is 0. The minimum Gasteiger partial charge on any atom is -0.361 e. The van der Waals surface area contributed by atoms with Crippen molar-refractivity contribution in [1.82, 2.24) is 10.3 Å². The molecule has 5 heteroatoms.